The van der Waals surface area contributed by atoms with Crippen molar-refractivity contribution in [2.24, 2.45) is 0 Å². The molecule has 4 rings (SSSR count). The largest absolute Gasteiger partial charge is 0.495 e. The Morgan fingerprint density at radius 2 is 1.97 bits per heavy atom. The van der Waals surface area contributed by atoms with E-state index in [2.05, 4.69) is 10.3 Å². The molecule has 2 aromatic heterocycles. The van der Waals surface area contributed by atoms with Crippen molar-refractivity contribution in [2.45, 2.75) is 11.7 Å². The molecule has 0 atom stereocenters. The zero-order valence-corrected chi connectivity index (χ0v) is 18.1. The highest BCUT2D eigenvalue weighted by Gasteiger charge is 2.18. The van der Waals surface area contributed by atoms with E-state index in [4.69, 9.17) is 4.74 Å². The van der Waals surface area contributed by atoms with E-state index in [0.717, 1.165) is 5.56 Å². The molecule has 0 unspecified atom stereocenters. The lowest BCUT2D eigenvalue weighted by Crippen LogP contribution is -2.26. The molecule has 0 bridgehead atoms. The van der Waals surface area contributed by atoms with Crippen LogP contribution in [0.15, 0.2) is 69.9 Å². The van der Waals surface area contributed by atoms with Crippen LogP contribution in [0.5, 0.6) is 5.75 Å². The molecule has 31 heavy (non-hydrogen) atoms. The number of thioether (sulfide) groups is 1. The molecule has 2 heterocycles. The summed E-state index contributed by atoms with van der Waals surface area (Å²) < 4.78 is 20.5. The fourth-order valence-electron chi connectivity index (χ4n) is 3.00. The second kappa shape index (κ2) is 9.32. The van der Waals surface area contributed by atoms with Gasteiger partial charge in [0.1, 0.15) is 16.3 Å². The van der Waals surface area contributed by atoms with Crippen LogP contribution in [0, 0.1) is 5.82 Å². The molecule has 0 radical (unpaired) electrons. The van der Waals surface area contributed by atoms with Gasteiger partial charge in [-0.1, -0.05) is 36.0 Å². The van der Waals surface area contributed by atoms with Gasteiger partial charge in [-0.05, 0) is 41.3 Å². The first-order valence-corrected chi connectivity index (χ1v) is 11.2. The SMILES string of the molecule is COc1ccccc1-n1c(SCC(=O)NCc2ccc(F)cc2)nc2ccsc2c1=O. The number of carbonyl (C=O) groups is 1. The lowest BCUT2D eigenvalue weighted by molar-refractivity contribution is -0.118. The zero-order valence-electron chi connectivity index (χ0n) is 16.5. The maximum atomic E-state index is 13.2. The minimum Gasteiger partial charge on any atom is -0.495 e. The van der Waals surface area contributed by atoms with E-state index in [9.17, 15) is 14.0 Å². The number of thiophene rings is 1. The number of fused-ring (bicyclic) bond motifs is 1. The van der Waals surface area contributed by atoms with Crippen molar-refractivity contribution >= 4 is 39.2 Å². The molecule has 0 saturated heterocycles. The summed E-state index contributed by atoms with van der Waals surface area (Å²) in [6, 6.07) is 14.9. The molecule has 0 fully saturated rings. The van der Waals surface area contributed by atoms with Gasteiger partial charge in [0.2, 0.25) is 5.91 Å². The number of hydrogen-bond acceptors (Lipinski definition) is 6. The van der Waals surface area contributed by atoms with Gasteiger partial charge in [-0.3, -0.25) is 14.2 Å². The smallest absolute Gasteiger partial charge is 0.276 e. The molecule has 0 aliphatic carbocycles. The number of carbonyl (C=O) groups excluding carboxylic acids is 1. The number of hydrogen-bond donors (Lipinski definition) is 1. The van der Waals surface area contributed by atoms with Crippen LogP contribution in [0.4, 0.5) is 4.39 Å². The Labute approximate surface area is 185 Å². The normalized spacial score (nSPS) is 10.9. The Kier molecular flexibility index (Phi) is 6.34. The number of rotatable bonds is 7. The molecular weight excluding hydrogens is 437 g/mol. The summed E-state index contributed by atoms with van der Waals surface area (Å²) in [6.45, 7) is 0.288. The first-order valence-electron chi connectivity index (χ1n) is 9.34. The molecule has 158 valence electrons. The summed E-state index contributed by atoms with van der Waals surface area (Å²) in [5, 5.41) is 5.01. The quantitative estimate of drug-likeness (QED) is 0.337. The molecule has 2 aromatic carbocycles. The minimum absolute atomic E-state index is 0.0679. The van der Waals surface area contributed by atoms with Crippen molar-refractivity contribution in [3.8, 4) is 11.4 Å². The summed E-state index contributed by atoms with van der Waals surface area (Å²) >= 11 is 2.49. The number of para-hydroxylation sites is 2. The predicted octanol–water partition coefficient (Wildman–Crippen LogP) is 4.00. The number of halogens is 1. The molecule has 0 saturated carbocycles. The first-order chi connectivity index (χ1) is 15.1. The van der Waals surface area contributed by atoms with E-state index in [-0.39, 0.29) is 29.6 Å². The van der Waals surface area contributed by atoms with Gasteiger partial charge < -0.3 is 10.1 Å². The summed E-state index contributed by atoms with van der Waals surface area (Å²) in [4.78, 5) is 30.2. The van der Waals surface area contributed by atoms with E-state index >= 15 is 0 Å². The summed E-state index contributed by atoms with van der Waals surface area (Å²) in [7, 11) is 1.54. The summed E-state index contributed by atoms with van der Waals surface area (Å²) in [5.41, 5.74) is 1.74. The average Bonchev–Trinajstić information content (AvgIpc) is 3.26. The Balaban J connectivity index is 1.59. The number of ether oxygens (including phenoxy) is 1. The average molecular weight is 456 g/mol. The minimum atomic E-state index is -0.324. The lowest BCUT2D eigenvalue weighted by Gasteiger charge is -2.14. The van der Waals surface area contributed by atoms with Crippen LogP contribution in [0.3, 0.4) is 0 Å². The third-order valence-electron chi connectivity index (χ3n) is 4.51. The Bertz CT molecular complexity index is 1290. The van der Waals surface area contributed by atoms with Gasteiger partial charge in [0.15, 0.2) is 5.16 Å². The van der Waals surface area contributed by atoms with Gasteiger partial charge in [0, 0.05) is 6.54 Å². The van der Waals surface area contributed by atoms with E-state index in [1.807, 2.05) is 17.5 Å². The van der Waals surface area contributed by atoms with Gasteiger partial charge in [-0.25, -0.2) is 9.37 Å². The number of amides is 1. The third kappa shape index (κ3) is 4.62. The van der Waals surface area contributed by atoms with Crippen LogP contribution >= 0.6 is 23.1 Å². The van der Waals surface area contributed by atoms with E-state index in [1.165, 1.54) is 46.9 Å². The molecule has 4 aromatic rings. The topological polar surface area (TPSA) is 73.2 Å². The zero-order chi connectivity index (χ0) is 21.8. The van der Waals surface area contributed by atoms with Gasteiger partial charge in [0.05, 0.1) is 24.1 Å². The maximum Gasteiger partial charge on any atom is 0.276 e. The molecule has 0 spiro atoms. The van der Waals surface area contributed by atoms with E-state index in [1.54, 1.807) is 30.3 Å². The number of benzene rings is 2. The molecule has 1 amide bonds. The number of methoxy groups -OCH3 is 1. The Morgan fingerprint density at radius 3 is 2.74 bits per heavy atom. The first kappa shape index (κ1) is 21.1. The highest BCUT2D eigenvalue weighted by Crippen LogP contribution is 2.28. The van der Waals surface area contributed by atoms with Gasteiger partial charge >= 0.3 is 0 Å². The van der Waals surface area contributed by atoms with Crippen LogP contribution in [0.2, 0.25) is 0 Å². The lowest BCUT2D eigenvalue weighted by atomic mass is 10.2. The monoisotopic (exact) mass is 455 g/mol. The molecule has 0 aliphatic rings. The predicted molar refractivity (Wildman–Crippen MR) is 121 cm³/mol. The number of nitrogens with one attached hydrogen (secondary N) is 1. The van der Waals surface area contributed by atoms with Crippen molar-refractivity contribution in [2.75, 3.05) is 12.9 Å². The standard InChI is InChI=1S/C22H18FN3O3S2/c1-29-18-5-3-2-4-17(18)26-21(28)20-16(10-11-30-20)25-22(26)31-13-19(27)24-12-14-6-8-15(23)9-7-14/h2-11H,12-13H2,1H3,(H,24,27). The van der Waals surface area contributed by atoms with Gasteiger partial charge in [0.25, 0.3) is 5.56 Å². The fraction of sp³-hybridized carbons (Fsp3) is 0.136. The van der Waals surface area contributed by atoms with Crippen molar-refractivity contribution in [3.05, 3.63) is 81.7 Å². The molecule has 9 heteroatoms. The second-order valence-electron chi connectivity index (χ2n) is 6.53. The van der Waals surface area contributed by atoms with Crippen molar-refractivity contribution < 1.29 is 13.9 Å². The third-order valence-corrected chi connectivity index (χ3v) is 6.34. The molecule has 0 aliphatic heterocycles. The summed E-state index contributed by atoms with van der Waals surface area (Å²) in [6.07, 6.45) is 0. The Morgan fingerprint density at radius 1 is 1.19 bits per heavy atom. The van der Waals surface area contributed by atoms with E-state index < -0.39 is 0 Å². The highest BCUT2D eigenvalue weighted by atomic mass is 32.2. The van der Waals surface area contributed by atoms with Crippen LogP contribution in [-0.4, -0.2) is 28.3 Å². The molecular formula is C22H18FN3O3S2. The number of nitrogens with zero attached hydrogens (tertiary/aromatic N) is 2. The highest BCUT2D eigenvalue weighted by molar-refractivity contribution is 7.99. The maximum absolute atomic E-state index is 13.2. The fourth-order valence-corrected chi connectivity index (χ4v) is 4.59. The molecule has 1 N–H and O–H groups in total. The summed E-state index contributed by atoms with van der Waals surface area (Å²) in [5.74, 6) is 0.0543. The van der Waals surface area contributed by atoms with E-state index in [0.29, 0.717) is 26.8 Å². The van der Waals surface area contributed by atoms with Crippen LogP contribution < -0.4 is 15.6 Å². The van der Waals surface area contributed by atoms with Crippen molar-refractivity contribution in [1.82, 2.24) is 14.9 Å². The Hall–Kier alpha value is -3.17. The molecule has 6 nitrogen and oxygen atoms in total. The van der Waals surface area contributed by atoms with Crippen molar-refractivity contribution in [3.63, 3.8) is 0 Å². The number of aromatic nitrogens is 2. The van der Waals surface area contributed by atoms with Gasteiger partial charge in [-0.15, -0.1) is 11.3 Å². The van der Waals surface area contributed by atoms with Crippen LogP contribution in [-0.2, 0) is 11.3 Å². The van der Waals surface area contributed by atoms with Gasteiger partial charge in [-0.2, -0.15) is 0 Å². The van der Waals surface area contributed by atoms with Crippen LogP contribution in [0.25, 0.3) is 15.9 Å². The van der Waals surface area contributed by atoms with Crippen LogP contribution in [0.1, 0.15) is 5.56 Å². The second-order valence-corrected chi connectivity index (χ2v) is 8.39. The van der Waals surface area contributed by atoms with Crippen molar-refractivity contribution in [1.29, 1.82) is 0 Å².